The number of benzene rings is 2. The summed E-state index contributed by atoms with van der Waals surface area (Å²) in [6, 6.07) is 9.64. The van der Waals surface area contributed by atoms with Crippen LogP contribution in [-0.2, 0) is 9.53 Å². The lowest BCUT2D eigenvalue weighted by Crippen LogP contribution is -2.25. The average Bonchev–Trinajstić information content (AvgIpc) is 3.06. The van der Waals surface area contributed by atoms with Crippen molar-refractivity contribution in [1.29, 1.82) is 0 Å². The van der Waals surface area contributed by atoms with E-state index in [1.54, 1.807) is 0 Å². The minimum atomic E-state index is -0.909. The molecule has 0 aromatic heterocycles. The van der Waals surface area contributed by atoms with Gasteiger partial charge in [-0.25, -0.2) is 4.79 Å². The number of para-hydroxylation sites is 2. The number of nitrogens with zero attached hydrogens (tertiary/aromatic N) is 3. The molecule has 0 bridgehead atoms. The third-order valence-corrected chi connectivity index (χ3v) is 5.06. The summed E-state index contributed by atoms with van der Waals surface area (Å²) < 4.78 is 4.95. The van der Waals surface area contributed by atoms with Crippen LogP contribution >= 0.6 is 0 Å². The van der Waals surface area contributed by atoms with Gasteiger partial charge in [0.1, 0.15) is 11.4 Å². The first-order valence-electron chi connectivity index (χ1n) is 10.1. The number of amides is 1. The van der Waals surface area contributed by atoms with Crippen LogP contribution in [0.1, 0.15) is 36.0 Å². The highest BCUT2D eigenvalue weighted by Crippen LogP contribution is 2.31. The Balaban J connectivity index is 1.67. The first-order chi connectivity index (χ1) is 15.4. The molecule has 168 valence electrons. The van der Waals surface area contributed by atoms with Crippen LogP contribution in [-0.4, -0.2) is 41.4 Å². The Labute approximate surface area is 183 Å². The van der Waals surface area contributed by atoms with Gasteiger partial charge in [0.2, 0.25) is 0 Å². The molecule has 0 radical (unpaired) electrons. The summed E-state index contributed by atoms with van der Waals surface area (Å²) in [4.78, 5) is 47.8. The fourth-order valence-corrected chi connectivity index (χ4v) is 3.51. The first-order valence-corrected chi connectivity index (χ1v) is 10.1. The summed E-state index contributed by atoms with van der Waals surface area (Å²) in [7, 11) is 0. The van der Waals surface area contributed by atoms with Crippen LogP contribution in [0.5, 0.6) is 0 Å². The minimum absolute atomic E-state index is 0.0315. The monoisotopic (exact) mass is 442 g/mol. The lowest BCUT2D eigenvalue weighted by Gasteiger charge is -2.22. The molecular formula is C21H22N4O7. The molecule has 3 rings (SSSR count). The van der Waals surface area contributed by atoms with Gasteiger partial charge in [-0.2, -0.15) is 0 Å². The van der Waals surface area contributed by atoms with Gasteiger partial charge >= 0.3 is 5.97 Å². The summed E-state index contributed by atoms with van der Waals surface area (Å²) in [5.41, 5.74) is -0.148. The van der Waals surface area contributed by atoms with Crippen molar-refractivity contribution in [2.24, 2.45) is 0 Å². The van der Waals surface area contributed by atoms with Crippen molar-refractivity contribution < 1.29 is 24.2 Å². The number of nitro benzene ring substituents is 2. The Morgan fingerprint density at radius 1 is 0.938 bits per heavy atom. The summed E-state index contributed by atoms with van der Waals surface area (Å²) in [5.74, 6) is -1.68. The molecule has 2 aromatic rings. The van der Waals surface area contributed by atoms with Gasteiger partial charge < -0.3 is 15.0 Å². The van der Waals surface area contributed by atoms with Crippen molar-refractivity contribution in [3.8, 4) is 0 Å². The Hall–Kier alpha value is -4.02. The number of nitrogens with one attached hydrogen (secondary N) is 1. The van der Waals surface area contributed by atoms with Crippen LogP contribution in [0.3, 0.4) is 0 Å². The smallest absolute Gasteiger partial charge is 0.338 e. The van der Waals surface area contributed by atoms with Crippen molar-refractivity contribution >= 4 is 34.6 Å². The molecule has 0 spiro atoms. The fraction of sp³-hybridized carbons (Fsp3) is 0.333. The zero-order chi connectivity index (χ0) is 23.1. The molecule has 0 saturated carbocycles. The van der Waals surface area contributed by atoms with E-state index in [9.17, 15) is 29.8 Å². The first kappa shape index (κ1) is 22.7. The van der Waals surface area contributed by atoms with Gasteiger partial charge in [-0.15, -0.1) is 0 Å². The Kier molecular flexibility index (Phi) is 7.32. The molecule has 0 unspecified atom stereocenters. The molecule has 1 aliphatic rings. The number of esters is 1. The van der Waals surface area contributed by atoms with Gasteiger partial charge in [0.15, 0.2) is 6.61 Å². The molecule has 11 nitrogen and oxygen atoms in total. The summed E-state index contributed by atoms with van der Waals surface area (Å²) in [6.45, 7) is 0.708. The maximum atomic E-state index is 12.3. The fourth-order valence-electron chi connectivity index (χ4n) is 3.51. The predicted octanol–water partition coefficient (Wildman–Crippen LogP) is 3.68. The van der Waals surface area contributed by atoms with E-state index in [2.05, 4.69) is 5.32 Å². The third-order valence-electron chi connectivity index (χ3n) is 5.06. The molecule has 1 amide bonds. The van der Waals surface area contributed by atoms with E-state index in [0.717, 1.165) is 31.7 Å². The van der Waals surface area contributed by atoms with Gasteiger partial charge in [0.05, 0.1) is 15.4 Å². The molecule has 0 atom stereocenters. The van der Waals surface area contributed by atoms with E-state index in [1.165, 1.54) is 36.4 Å². The highest BCUT2D eigenvalue weighted by molar-refractivity contribution is 5.97. The zero-order valence-electron chi connectivity index (χ0n) is 17.2. The number of carbonyl (C=O) groups excluding carboxylic acids is 2. The molecule has 0 aliphatic carbocycles. The standard InChI is InChI=1S/C21H22N4O7/c26-20(22-16-7-3-4-8-17(16)24(28)29)14-32-21(27)15-9-10-18(19(13-15)25(30)31)23-11-5-1-2-6-12-23/h3-4,7-10,13H,1-2,5-6,11-12,14H2,(H,22,26). The minimum Gasteiger partial charge on any atom is -0.452 e. The topological polar surface area (TPSA) is 145 Å². The van der Waals surface area contributed by atoms with Crippen molar-refractivity contribution in [2.45, 2.75) is 25.7 Å². The van der Waals surface area contributed by atoms with Crippen LogP contribution in [0, 0.1) is 20.2 Å². The second kappa shape index (κ2) is 10.3. The average molecular weight is 442 g/mol. The van der Waals surface area contributed by atoms with E-state index >= 15 is 0 Å². The van der Waals surface area contributed by atoms with E-state index < -0.39 is 28.3 Å². The van der Waals surface area contributed by atoms with Gasteiger partial charge in [0.25, 0.3) is 17.3 Å². The van der Waals surface area contributed by atoms with Crippen molar-refractivity contribution in [1.82, 2.24) is 0 Å². The Morgan fingerprint density at radius 2 is 1.59 bits per heavy atom. The zero-order valence-corrected chi connectivity index (χ0v) is 17.2. The van der Waals surface area contributed by atoms with Crippen molar-refractivity contribution in [3.05, 3.63) is 68.3 Å². The molecule has 1 fully saturated rings. The molecular weight excluding hydrogens is 420 g/mol. The van der Waals surface area contributed by atoms with Gasteiger partial charge in [-0.05, 0) is 31.0 Å². The number of anilines is 2. The maximum Gasteiger partial charge on any atom is 0.338 e. The second-order valence-corrected chi connectivity index (χ2v) is 7.26. The van der Waals surface area contributed by atoms with E-state index in [1.807, 2.05) is 4.90 Å². The van der Waals surface area contributed by atoms with Crippen molar-refractivity contribution in [3.63, 3.8) is 0 Å². The SMILES string of the molecule is O=C(COC(=O)c1ccc(N2CCCCCC2)c([N+](=O)[O-])c1)Nc1ccccc1[N+](=O)[O-]. The number of carbonyl (C=O) groups is 2. The van der Waals surface area contributed by atoms with Gasteiger partial charge in [0, 0.05) is 25.2 Å². The Bertz CT molecular complexity index is 1030. The molecule has 1 heterocycles. The lowest BCUT2D eigenvalue weighted by molar-refractivity contribution is -0.384. The number of ether oxygens (including phenoxy) is 1. The Morgan fingerprint density at radius 3 is 2.25 bits per heavy atom. The van der Waals surface area contributed by atoms with Crippen LogP contribution in [0.4, 0.5) is 22.7 Å². The normalized spacial score (nSPS) is 13.7. The quantitative estimate of drug-likeness (QED) is 0.388. The summed E-state index contributed by atoms with van der Waals surface area (Å²) >= 11 is 0. The molecule has 1 N–H and O–H groups in total. The number of rotatable bonds is 7. The molecule has 1 saturated heterocycles. The number of hydrogen-bond donors (Lipinski definition) is 1. The summed E-state index contributed by atoms with van der Waals surface area (Å²) in [5, 5.41) is 24.9. The molecule has 1 aliphatic heterocycles. The van der Waals surface area contributed by atoms with Crippen LogP contribution < -0.4 is 10.2 Å². The van der Waals surface area contributed by atoms with Crippen LogP contribution in [0.15, 0.2) is 42.5 Å². The number of nitro groups is 2. The lowest BCUT2D eigenvalue weighted by atomic mass is 10.1. The predicted molar refractivity (Wildman–Crippen MR) is 116 cm³/mol. The van der Waals surface area contributed by atoms with E-state index in [4.69, 9.17) is 4.74 Å². The highest BCUT2D eigenvalue weighted by atomic mass is 16.6. The van der Waals surface area contributed by atoms with Gasteiger partial charge in [-0.3, -0.25) is 25.0 Å². The molecule has 11 heteroatoms. The highest BCUT2D eigenvalue weighted by Gasteiger charge is 2.23. The van der Waals surface area contributed by atoms with Crippen molar-refractivity contribution in [2.75, 3.05) is 29.9 Å². The third kappa shape index (κ3) is 5.56. The molecule has 32 heavy (non-hydrogen) atoms. The second-order valence-electron chi connectivity index (χ2n) is 7.26. The van der Waals surface area contributed by atoms with Crippen LogP contribution in [0.25, 0.3) is 0 Å². The van der Waals surface area contributed by atoms with E-state index in [-0.39, 0.29) is 22.6 Å². The number of hydrogen-bond acceptors (Lipinski definition) is 8. The molecule has 2 aromatic carbocycles. The van der Waals surface area contributed by atoms with Crippen LogP contribution in [0.2, 0.25) is 0 Å². The van der Waals surface area contributed by atoms with E-state index in [0.29, 0.717) is 18.8 Å². The maximum absolute atomic E-state index is 12.3. The van der Waals surface area contributed by atoms with Gasteiger partial charge in [-0.1, -0.05) is 25.0 Å². The largest absolute Gasteiger partial charge is 0.452 e. The summed E-state index contributed by atoms with van der Waals surface area (Å²) in [6.07, 6.45) is 4.02.